The van der Waals surface area contributed by atoms with Gasteiger partial charge in [0.2, 0.25) is 0 Å². The Morgan fingerprint density at radius 1 is 0.696 bits per heavy atom. The largest absolute Gasteiger partial charge is 0.479 e. The molecule has 0 saturated heterocycles. The van der Waals surface area contributed by atoms with Crippen molar-refractivity contribution in [2.24, 2.45) is 0 Å². The van der Waals surface area contributed by atoms with Gasteiger partial charge in [0.15, 0.2) is 12.2 Å². The molecule has 0 aliphatic rings. The minimum atomic E-state index is -2.36. The normalized spacial score (nSPS) is 15.3. The molecule has 0 aliphatic heterocycles. The van der Waals surface area contributed by atoms with E-state index in [1.807, 2.05) is 0 Å². The Kier molecular flexibility index (Phi) is 8.44. The van der Waals surface area contributed by atoms with Gasteiger partial charge in [0, 0.05) is 0 Å². The summed E-state index contributed by atoms with van der Waals surface area (Å²) >= 11 is 0. The first-order chi connectivity index (χ1) is 10.6. The molecule has 0 amide bonds. The molecule has 7 N–H and O–H groups in total. The number of carboxylic acid groups (broad SMARTS) is 3. The smallest absolute Gasteiger partial charge is 0.335 e. The van der Waals surface area contributed by atoms with Crippen LogP contribution in [0.25, 0.3) is 0 Å². The summed E-state index contributed by atoms with van der Waals surface area (Å²) in [5.41, 5.74) is 0.331. The van der Waals surface area contributed by atoms with E-state index in [1.165, 1.54) is 0 Å². The molecule has 0 aromatic heterocycles. The molecule has 23 heavy (non-hydrogen) atoms. The summed E-state index contributed by atoms with van der Waals surface area (Å²) in [7, 11) is 0. The number of aromatic carboxylic acids is 1. The van der Waals surface area contributed by atoms with Crippen LogP contribution in [0, 0.1) is 0 Å². The first-order valence-electron chi connectivity index (χ1n) is 6.05. The van der Waals surface area contributed by atoms with Crippen LogP contribution >= 0.6 is 0 Å². The second-order valence-corrected chi connectivity index (χ2v) is 4.22. The molecule has 1 aromatic rings. The first-order valence-corrected chi connectivity index (χ1v) is 6.05. The van der Waals surface area contributed by atoms with Gasteiger partial charge in [-0.15, -0.1) is 0 Å². The van der Waals surface area contributed by atoms with Gasteiger partial charge in [-0.1, -0.05) is 18.2 Å². The maximum absolute atomic E-state index is 10.2. The average molecular weight is 332 g/mol. The molecule has 0 saturated carbocycles. The molecule has 1 aromatic carbocycles. The Bertz CT molecular complexity index is 505. The molecule has 10 heteroatoms. The summed E-state index contributed by atoms with van der Waals surface area (Å²) in [4.78, 5) is 30.4. The van der Waals surface area contributed by atoms with Crippen molar-refractivity contribution in [3.63, 3.8) is 0 Å². The number of rotatable bonds is 6. The Balaban J connectivity index is 0.000000459. The molecule has 0 aliphatic carbocycles. The average Bonchev–Trinajstić information content (AvgIpc) is 2.53. The van der Waals surface area contributed by atoms with Crippen LogP contribution in [0.5, 0.6) is 0 Å². The van der Waals surface area contributed by atoms with E-state index in [0.717, 1.165) is 0 Å². The highest BCUT2D eigenvalue weighted by Crippen LogP contribution is 2.05. The number of benzene rings is 1. The summed E-state index contributed by atoms with van der Waals surface area (Å²) in [6, 6.07) is 8.30. The number of hydrogen-bond donors (Lipinski definition) is 7. The lowest BCUT2D eigenvalue weighted by molar-refractivity contribution is -0.172. The van der Waals surface area contributed by atoms with Crippen molar-refractivity contribution in [2.75, 3.05) is 0 Å². The molecule has 0 heterocycles. The zero-order chi connectivity index (χ0) is 18.2. The molecule has 4 atom stereocenters. The minimum Gasteiger partial charge on any atom is -0.479 e. The van der Waals surface area contributed by atoms with E-state index in [2.05, 4.69) is 0 Å². The summed E-state index contributed by atoms with van der Waals surface area (Å²) < 4.78 is 0. The molecular formula is C13H16O10. The van der Waals surface area contributed by atoms with Crippen LogP contribution in [-0.4, -0.2) is 78.1 Å². The van der Waals surface area contributed by atoms with Crippen LogP contribution in [0.1, 0.15) is 10.4 Å². The lowest BCUT2D eigenvalue weighted by atomic mass is 10.0. The van der Waals surface area contributed by atoms with E-state index in [1.54, 1.807) is 30.3 Å². The Morgan fingerprint density at radius 3 is 1.26 bits per heavy atom. The summed E-state index contributed by atoms with van der Waals surface area (Å²) in [6.07, 6.45) is -9.28. The Hall–Kier alpha value is -2.53. The van der Waals surface area contributed by atoms with Crippen molar-refractivity contribution < 1.29 is 50.1 Å². The molecule has 10 nitrogen and oxygen atoms in total. The van der Waals surface area contributed by atoms with E-state index in [9.17, 15) is 14.4 Å². The van der Waals surface area contributed by atoms with E-state index >= 15 is 0 Å². The van der Waals surface area contributed by atoms with E-state index < -0.39 is 42.3 Å². The minimum absolute atomic E-state index is 0.331. The van der Waals surface area contributed by atoms with Crippen molar-refractivity contribution in [2.45, 2.75) is 24.4 Å². The standard InChI is InChI=1S/C7H6O2.C6H10O8/c8-7(9)6-4-2-1-3-5-6;7-1(3(9)5(11)12)2(8)4(10)6(13)14/h1-5H,(H,8,9);1-4,7-10H,(H,11,12)(H,13,14). The third-order valence-corrected chi connectivity index (χ3v) is 2.52. The fourth-order valence-electron chi connectivity index (χ4n) is 1.25. The second-order valence-electron chi connectivity index (χ2n) is 4.22. The lowest BCUT2D eigenvalue weighted by Crippen LogP contribution is -2.49. The maximum atomic E-state index is 10.2. The fourth-order valence-corrected chi connectivity index (χ4v) is 1.25. The SMILES string of the molecule is O=C(O)C(O)C(O)C(O)C(O)C(=O)O.O=C(O)c1ccccc1. The monoisotopic (exact) mass is 332 g/mol. The molecular weight excluding hydrogens is 316 g/mol. The topological polar surface area (TPSA) is 193 Å². The van der Waals surface area contributed by atoms with Crippen LogP contribution in [0.3, 0.4) is 0 Å². The highest BCUT2D eigenvalue weighted by Gasteiger charge is 2.37. The van der Waals surface area contributed by atoms with Gasteiger partial charge in [-0.25, -0.2) is 14.4 Å². The van der Waals surface area contributed by atoms with Crippen LogP contribution < -0.4 is 0 Å². The molecule has 0 fully saturated rings. The highest BCUT2D eigenvalue weighted by molar-refractivity contribution is 5.87. The lowest BCUT2D eigenvalue weighted by Gasteiger charge is -2.21. The van der Waals surface area contributed by atoms with Gasteiger partial charge >= 0.3 is 17.9 Å². The van der Waals surface area contributed by atoms with E-state index in [-0.39, 0.29) is 0 Å². The molecule has 1 rings (SSSR count). The summed E-state index contributed by atoms with van der Waals surface area (Å²) in [5.74, 6) is -4.56. The van der Waals surface area contributed by atoms with Gasteiger partial charge in [-0.3, -0.25) is 0 Å². The highest BCUT2D eigenvalue weighted by atomic mass is 16.4. The zero-order valence-corrected chi connectivity index (χ0v) is 11.6. The third kappa shape index (κ3) is 6.84. The molecule has 0 bridgehead atoms. The molecule has 4 unspecified atom stereocenters. The number of aliphatic hydroxyl groups is 4. The Labute approximate surface area is 129 Å². The van der Waals surface area contributed by atoms with Crippen molar-refractivity contribution >= 4 is 17.9 Å². The van der Waals surface area contributed by atoms with Gasteiger partial charge in [0.1, 0.15) is 12.2 Å². The number of carboxylic acids is 3. The van der Waals surface area contributed by atoms with Crippen molar-refractivity contribution in [3.05, 3.63) is 35.9 Å². The van der Waals surface area contributed by atoms with Gasteiger partial charge in [-0.05, 0) is 12.1 Å². The molecule has 128 valence electrons. The second kappa shape index (κ2) is 9.48. The summed E-state index contributed by atoms with van der Waals surface area (Å²) in [5, 5.41) is 59.8. The quantitative estimate of drug-likeness (QED) is 0.306. The Morgan fingerprint density at radius 2 is 1.04 bits per heavy atom. The predicted molar refractivity (Wildman–Crippen MR) is 72.7 cm³/mol. The fraction of sp³-hybridized carbons (Fsp3) is 0.308. The number of aliphatic hydroxyl groups excluding tert-OH is 4. The van der Waals surface area contributed by atoms with E-state index in [0.29, 0.717) is 5.56 Å². The maximum Gasteiger partial charge on any atom is 0.335 e. The van der Waals surface area contributed by atoms with Gasteiger partial charge in [-0.2, -0.15) is 0 Å². The number of carbonyl (C=O) groups is 3. The predicted octanol–water partition coefficient (Wildman–Crippen LogP) is -2.02. The summed E-state index contributed by atoms with van der Waals surface area (Å²) in [6.45, 7) is 0. The van der Waals surface area contributed by atoms with Crippen molar-refractivity contribution in [1.29, 1.82) is 0 Å². The first kappa shape index (κ1) is 20.5. The van der Waals surface area contributed by atoms with Gasteiger partial charge in [0.25, 0.3) is 0 Å². The zero-order valence-electron chi connectivity index (χ0n) is 11.6. The van der Waals surface area contributed by atoms with Crippen molar-refractivity contribution in [3.8, 4) is 0 Å². The van der Waals surface area contributed by atoms with Gasteiger partial charge < -0.3 is 35.7 Å². The van der Waals surface area contributed by atoms with Crippen LogP contribution in [-0.2, 0) is 9.59 Å². The van der Waals surface area contributed by atoms with Crippen LogP contribution in [0.4, 0.5) is 0 Å². The van der Waals surface area contributed by atoms with E-state index in [4.69, 9.17) is 35.7 Å². The van der Waals surface area contributed by atoms with Crippen molar-refractivity contribution in [1.82, 2.24) is 0 Å². The van der Waals surface area contributed by atoms with Crippen LogP contribution in [0.15, 0.2) is 30.3 Å². The molecule has 0 spiro atoms. The number of aliphatic carboxylic acids is 2. The third-order valence-electron chi connectivity index (χ3n) is 2.52. The molecule has 0 radical (unpaired) electrons. The van der Waals surface area contributed by atoms with Gasteiger partial charge in [0.05, 0.1) is 5.56 Å². The number of hydrogen-bond acceptors (Lipinski definition) is 7. The van der Waals surface area contributed by atoms with Crippen LogP contribution in [0.2, 0.25) is 0 Å².